The van der Waals surface area contributed by atoms with E-state index in [1.54, 1.807) is 0 Å². The van der Waals surface area contributed by atoms with Crippen molar-refractivity contribution in [3.05, 3.63) is 0 Å². The summed E-state index contributed by atoms with van der Waals surface area (Å²) in [5, 5.41) is 20.3. The second-order valence-electron chi connectivity index (χ2n) is 3.26. The molecule has 3 N–H and O–H groups in total. The quantitative estimate of drug-likeness (QED) is 0.512. The van der Waals surface area contributed by atoms with Gasteiger partial charge in [0.25, 0.3) is 0 Å². The first-order valence-corrected chi connectivity index (χ1v) is 4.33. The molecule has 1 amide bonds. The van der Waals surface area contributed by atoms with Crippen molar-refractivity contribution in [2.24, 2.45) is 0 Å². The first-order valence-electron chi connectivity index (χ1n) is 4.33. The van der Waals surface area contributed by atoms with Gasteiger partial charge in [0.15, 0.2) is 0 Å². The molecule has 0 aliphatic carbocycles. The lowest BCUT2D eigenvalue weighted by atomic mass is 9.91. The zero-order valence-electron chi connectivity index (χ0n) is 7.45. The van der Waals surface area contributed by atoms with E-state index in [1.807, 2.05) is 0 Å². The van der Waals surface area contributed by atoms with Crippen molar-refractivity contribution in [3.63, 3.8) is 0 Å². The summed E-state index contributed by atoms with van der Waals surface area (Å²) in [6.07, 6.45) is 1.18. The van der Waals surface area contributed by atoms with Crippen molar-refractivity contribution in [3.8, 4) is 0 Å². The van der Waals surface area contributed by atoms with E-state index >= 15 is 0 Å². The first kappa shape index (κ1) is 10.4. The zero-order chi connectivity index (χ0) is 9.73. The molecule has 0 atom stereocenters. The molecule has 1 fully saturated rings. The Morgan fingerprint density at radius 2 is 2.00 bits per heavy atom. The molecule has 0 aromatic heterocycles. The van der Waals surface area contributed by atoms with Gasteiger partial charge in [-0.2, -0.15) is 0 Å². The molecule has 0 radical (unpaired) electrons. The van der Waals surface area contributed by atoms with Gasteiger partial charge in [0.1, 0.15) is 6.61 Å². The number of rotatable bonds is 3. The summed E-state index contributed by atoms with van der Waals surface area (Å²) in [6, 6.07) is 0. The lowest BCUT2D eigenvalue weighted by Crippen LogP contribution is -2.55. The van der Waals surface area contributed by atoms with Gasteiger partial charge in [0.2, 0.25) is 5.91 Å². The van der Waals surface area contributed by atoms with E-state index < -0.39 is 18.1 Å². The SMILES string of the molecule is O=C(CO)NC1(CO)CCOCC1. The number of hydrogen-bond donors (Lipinski definition) is 3. The standard InChI is InChI=1S/C8H15NO4/c10-5-7(12)9-8(6-11)1-3-13-4-2-8/h10-11H,1-6H2,(H,9,12). The number of amides is 1. The molecular weight excluding hydrogens is 174 g/mol. The van der Waals surface area contributed by atoms with Crippen molar-refractivity contribution >= 4 is 5.91 Å². The Bertz CT molecular complexity index is 177. The van der Waals surface area contributed by atoms with Gasteiger partial charge in [-0.1, -0.05) is 0 Å². The van der Waals surface area contributed by atoms with Crippen LogP contribution in [0.2, 0.25) is 0 Å². The number of hydrogen-bond acceptors (Lipinski definition) is 4. The lowest BCUT2D eigenvalue weighted by Gasteiger charge is -2.36. The minimum Gasteiger partial charge on any atom is -0.394 e. The van der Waals surface area contributed by atoms with Gasteiger partial charge in [0, 0.05) is 13.2 Å². The maximum absolute atomic E-state index is 10.9. The number of nitrogens with one attached hydrogen (secondary N) is 1. The molecule has 0 aromatic rings. The number of aliphatic hydroxyl groups is 2. The van der Waals surface area contributed by atoms with Gasteiger partial charge in [-0.3, -0.25) is 4.79 Å². The van der Waals surface area contributed by atoms with E-state index in [0.717, 1.165) is 0 Å². The third-order valence-electron chi connectivity index (χ3n) is 2.30. The van der Waals surface area contributed by atoms with Crippen LogP contribution in [0.5, 0.6) is 0 Å². The normalized spacial score (nSPS) is 21.1. The molecule has 13 heavy (non-hydrogen) atoms. The van der Waals surface area contributed by atoms with Crippen LogP contribution in [0.25, 0.3) is 0 Å². The van der Waals surface area contributed by atoms with Crippen molar-refractivity contribution in [2.45, 2.75) is 18.4 Å². The molecule has 0 saturated carbocycles. The zero-order valence-corrected chi connectivity index (χ0v) is 7.45. The summed E-state index contributed by atoms with van der Waals surface area (Å²) >= 11 is 0. The molecular formula is C8H15NO4. The van der Waals surface area contributed by atoms with E-state index in [0.29, 0.717) is 26.1 Å². The highest BCUT2D eigenvalue weighted by molar-refractivity contribution is 5.77. The summed E-state index contributed by atoms with van der Waals surface area (Å²) in [6.45, 7) is 0.420. The van der Waals surface area contributed by atoms with Crippen molar-refractivity contribution in [2.75, 3.05) is 26.4 Å². The Balaban J connectivity index is 2.52. The highest BCUT2D eigenvalue weighted by Gasteiger charge is 2.33. The van der Waals surface area contributed by atoms with Crippen molar-refractivity contribution < 1.29 is 19.7 Å². The first-order chi connectivity index (χ1) is 6.22. The van der Waals surface area contributed by atoms with Gasteiger partial charge in [-0.05, 0) is 12.8 Å². The Kier molecular flexibility index (Phi) is 3.65. The van der Waals surface area contributed by atoms with Crippen LogP contribution in [0, 0.1) is 0 Å². The van der Waals surface area contributed by atoms with Gasteiger partial charge >= 0.3 is 0 Å². The van der Waals surface area contributed by atoms with Gasteiger partial charge in [0.05, 0.1) is 12.1 Å². The van der Waals surface area contributed by atoms with E-state index in [-0.39, 0.29) is 6.61 Å². The third kappa shape index (κ3) is 2.65. The van der Waals surface area contributed by atoms with E-state index in [9.17, 15) is 4.79 Å². The summed E-state index contributed by atoms with van der Waals surface area (Å²) in [5.74, 6) is -0.448. The summed E-state index contributed by atoms with van der Waals surface area (Å²) in [4.78, 5) is 10.9. The second-order valence-corrected chi connectivity index (χ2v) is 3.26. The fourth-order valence-electron chi connectivity index (χ4n) is 1.42. The highest BCUT2D eigenvalue weighted by Crippen LogP contribution is 2.19. The molecule has 0 aromatic carbocycles. The monoisotopic (exact) mass is 189 g/mol. The minimum absolute atomic E-state index is 0.109. The van der Waals surface area contributed by atoms with Gasteiger partial charge in [-0.15, -0.1) is 0 Å². The Hall–Kier alpha value is -0.650. The highest BCUT2D eigenvalue weighted by atomic mass is 16.5. The van der Waals surface area contributed by atoms with E-state index in [4.69, 9.17) is 14.9 Å². The van der Waals surface area contributed by atoms with Crippen LogP contribution in [-0.4, -0.2) is 48.1 Å². The number of aliphatic hydroxyl groups excluding tert-OH is 2. The predicted molar refractivity (Wildman–Crippen MR) is 45.1 cm³/mol. The predicted octanol–water partition coefficient (Wildman–Crippen LogP) is -1.36. The van der Waals surface area contributed by atoms with Crippen LogP contribution in [0.4, 0.5) is 0 Å². The summed E-state index contributed by atoms with van der Waals surface area (Å²) in [7, 11) is 0. The molecule has 1 aliphatic heterocycles. The maximum atomic E-state index is 10.9. The Morgan fingerprint density at radius 3 is 2.46 bits per heavy atom. The minimum atomic E-state index is -0.585. The van der Waals surface area contributed by atoms with Crippen molar-refractivity contribution in [1.29, 1.82) is 0 Å². The van der Waals surface area contributed by atoms with Crippen LogP contribution in [0.1, 0.15) is 12.8 Å². The molecule has 0 unspecified atom stereocenters. The molecule has 5 heteroatoms. The van der Waals surface area contributed by atoms with Crippen LogP contribution in [0.3, 0.4) is 0 Å². The van der Waals surface area contributed by atoms with Crippen LogP contribution in [-0.2, 0) is 9.53 Å². The summed E-state index contributed by atoms with van der Waals surface area (Å²) in [5.41, 5.74) is -0.585. The molecule has 0 bridgehead atoms. The van der Waals surface area contributed by atoms with Gasteiger partial charge in [-0.25, -0.2) is 0 Å². The van der Waals surface area contributed by atoms with E-state index in [2.05, 4.69) is 5.32 Å². The topological polar surface area (TPSA) is 78.8 Å². The van der Waals surface area contributed by atoms with E-state index in [1.165, 1.54) is 0 Å². The van der Waals surface area contributed by atoms with Crippen LogP contribution >= 0.6 is 0 Å². The molecule has 0 spiro atoms. The molecule has 1 rings (SSSR count). The van der Waals surface area contributed by atoms with Crippen LogP contribution in [0.15, 0.2) is 0 Å². The molecule has 1 heterocycles. The van der Waals surface area contributed by atoms with Crippen LogP contribution < -0.4 is 5.32 Å². The lowest BCUT2D eigenvalue weighted by molar-refractivity contribution is -0.128. The average Bonchev–Trinajstić information content (AvgIpc) is 2.19. The smallest absolute Gasteiger partial charge is 0.246 e. The van der Waals surface area contributed by atoms with Gasteiger partial charge < -0.3 is 20.3 Å². The molecule has 76 valence electrons. The number of carbonyl (C=O) groups excluding carboxylic acids is 1. The average molecular weight is 189 g/mol. The van der Waals surface area contributed by atoms with Crippen molar-refractivity contribution in [1.82, 2.24) is 5.32 Å². The molecule has 1 saturated heterocycles. The molecule has 1 aliphatic rings. The Morgan fingerprint density at radius 1 is 1.38 bits per heavy atom. The number of carbonyl (C=O) groups is 1. The fourth-order valence-corrected chi connectivity index (χ4v) is 1.42. The largest absolute Gasteiger partial charge is 0.394 e. The number of ether oxygens (including phenoxy) is 1. The fraction of sp³-hybridized carbons (Fsp3) is 0.875. The Labute approximate surface area is 76.7 Å². The third-order valence-corrected chi connectivity index (χ3v) is 2.30. The molecule has 5 nitrogen and oxygen atoms in total. The maximum Gasteiger partial charge on any atom is 0.246 e. The summed E-state index contributed by atoms with van der Waals surface area (Å²) < 4.78 is 5.12. The second kappa shape index (κ2) is 4.55.